The number of rotatable bonds is 14. The Kier molecular flexibility index (Phi) is 9.59. The molecule has 3 aromatic carbocycles. The van der Waals surface area contributed by atoms with Crippen LogP contribution in [0.4, 0.5) is 0 Å². The van der Waals surface area contributed by atoms with Crippen molar-refractivity contribution in [3.8, 4) is 0 Å². The predicted molar refractivity (Wildman–Crippen MR) is 135 cm³/mol. The van der Waals surface area contributed by atoms with Crippen molar-refractivity contribution < 1.29 is 28.5 Å². The molecule has 6 heteroatoms. The number of carbonyl (C=O) groups excluding carboxylic acids is 1. The minimum Gasteiger partial charge on any atom is -0.461 e. The van der Waals surface area contributed by atoms with Crippen molar-refractivity contribution in [2.45, 2.75) is 38.1 Å². The van der Waals surface area contributed by atoms with Gasteiger partial charge in [0, 0.05) is 0 Å². The van der Waals surface area contributed by atoms with Gasteiger partial charge in [-0.2, -0.15) is 0 Å². The summed E-state index contributed by atoms with van der Waals surface area (Å²) in [4.78, 5) is 13.4. The van der Waals surface area contributed by atoms with Crippen molar-refractivity contribution in [1.82, 2.24) is 0 Å². The molecule has 0 unspecified atom stereocenters. The van der Waals surface area contributed by atoms with Crippen molar-refractivity contribution in [2.24, 2.45) is 0 Å². The average Bonchev–Trinajstić information content (AvgIpc) is 3.47. The lowest BCUT2D eigenvalue weighted by Gasteiger charge is -2.30. The van der Waals surface area contributed by atoms with Gasteiger partial charge in [-0.1, -0.05) is 91.0 Å². The molecule has 1 N–H and O–H groups in total. The zero-order valence-electron chi connectivity index (χ0n) is 19.9. The van der Waals surface area contributed by atoms with E-state index in [1.807, 2.05) is 91.0 Å². The van der Waals surface area contributed by atoms with Crippen molar-refractivity contribution in [3.63, 3.8) is 0 Å². The Labute approximate surface area is 211 Å². The fraction of sp³-hybridized carbons (Fsp3) is 0.233. The number of aliphatic hydroxyl groups is 1. The Bertz CT molecular complexity index is 1150. The van der Waals surface area contributed by atoms with Gasteiger partial charge in [0.25, 0.3) is 0 Å². The molecule has 4 aromatic rings. The third-order valence-corrected chi connectivity index (χ3v) is 5.66. The maximum absolute atomic E-state index is 13.4. The number of Topliss-reactive ketones (excluding diaryl/α,β-unsaturated/α-hetero) is 1. The zero-order chi connectivity index (χ0) is 25.0. The standard InChI is InChI=1S/C30H30O6/c31-26(22-33-19-23-11-4-1-5-12-23)29(35-20-24-13-6-2-7-14-24)30(28(32)27-17-10-18-34-27)36-21-25-15-8-3-9-16-25/h1-18,26,29-31H,19-22H2/t26-,29-,30+/m1/s1. The van der Waals surface area contributed by atoms with Gasteiger partial charge >= 0.3 is 0 Å². The van der Waals surface area contributed by atoms with Crippen LogP contribution in [0.15, 0.2) is 114 Å². The molecule has 0 saturated heterocycles. The summed E-state index contributed by atoms with van der Waals surface area (Å²) >= 11 is 0. The number of hydrogen-bond donors (Lipinski definition) is 1. The number of ketones is 1. The topological polar surface area (TPSA) is 78.1 Å². The molecule has 0 bridgehead atoms. The molecule has 36 heavy (non-hydrogen) atoms. The normalized spacial score (nSPS) is 13.7. The SMILES string of the molecule is O=C(c1ccco1)[C@H](OCc1ccccc1)[C@H](OCc1ccccc1)[C@H](O)COCc1ccccc1. The molecule has 0 aliphatic heterocycles. The summed E-state index contributed by atoms with van der Waals surface area (Å²) in [5.41, 5.74) is 2.79. The van der Waals surface area contributed by atoms with Crippen molar-refractivity contribution in [1.29, 1.82) is 0 Å². The van der Waals surface area contributed by atoms with E-state index in [9.17, 15) is 9.90 Å². The largest absolute Gasteiger partial charge is 0.461 e. The molecule has 6 nitrogen and oxygen atoms in total. The van der Waals surface area contributed by atoms with Crippen molar-refractivity contribution >= 4 is 5.78 Å². The number of ether oxygens (including phenoxy) is 3. The Hall–Kier alpha value is -3.55. The van der Waals surface area contributed by atoms with Crippen LogP contribution in [0.1, 0.15) is 27.2 Å². The summed E-state index contributed by atoms with van der Waals surface area (Å²) in [6.45, 7) is 0.647. The summed E-state index contributed by atoms with van der Waals surface area (Å²) in [5, 5.41) is 11.2. The molecule has 0 aliphatic rings. The van der Waals surface area contributed by atoms with Crippen LogP contribution in [0.25, 0.3) is 0 Å². The van der Waals surface area contributed by atoms with Crippen LogP contribution in [-0.2, 0) is 34.0 Å². The summed E-state index contributed by atoms with van der Waals surface area (Å²) in [7, 11) is 0. The molecule has 3 atom stereocenters. The highest BCUT2D eigenvalue weighted by Crippen LogP contribution is 2.20. The number of furan rings is 1. The van der Waals surface area contributed by atoms with Crippen LogP contribution in [0.3, 0.4) is 0 Å². The van der Waals surface area contributed by atoms with Crippen molar-refractivity contribution in [3.05, 3.63) is 132 Å². The molecule has 186 valence electrons. The average molecular weight is 487 g/mol. The Morgan fingerprint density at radius 1 is 0.694 bits per heavy atom. The van der Waals surface area contributed by atoms with Gasteiger partial charge in [-0.05, 0) is 28.8 Å². The van der Waals surface area contributed by atoms with E-state index in [1.165, 1.54) is 6.26 Å². The smallest absolute Gasteiger partial charge is 0.229 e. The van der Waals surface area contributed by atoms with Gasteiger partial charge in [0.2, 0.25) is 5.78 Å². The summed E-state index contributed by atoms with van der Waals surface area (Å²) in [6.07, 6.45) is -1.81. The summed E-state index contributed by atoms with van der Waals surface area (Å²) in [5.74, 6) is -0.269. The molecular weight excluding hydrogens is 456 g/mol. The molecule has 0 spiro atoms. The second-order valence-corrected chi connectivity index (χ2v) is 8.39. The first kappa shape index (κ1) is 25.5. The second kappa shape index (κ2) is 13.5. The maximum Gasteiger partial charge on any atom is 0.229 e. The highest BCUT2D eigenvalue weighted by molar-refractivity contribution is 5.97. The summed E-state index contributed by atoms with van der Waals surface area (Å²) < 4.78 is 23.4. The lowest BCUT2D eigenvalue weighted by atomic mass is 10.0. The van der Waals surface area contributed by atoms with Gasteiger partial charge in [0.15, 0.2) is 11.9 Å². The minimum absolute atomic E-state index is 0.0367. The lowest BCUT2D eigenvalue weighted by molar-refractivity contribution is -0.134. The van der Waals surface area contributed by atoms with Crippen LogP contribution >= 0.6 is 0 Å². The highest BCUT2D eigenvalue weighted by Gasteiger charge is 2.37. The molecule has 0 fully saturated rings. The Morgan fingerprint density at radius 3 is 1.75 bits per heavy atom. The van der Waals surface area contributed by atoms with Gasteiger partial charge in [-0.3, -0.25) is 4.79 Å². The van der Waals surface area contributed by atoms with E-state index in [0.717, 1.165) is 16.7 Å². The zero-order valence-corrected chi connectivity index (χ0v) is 19.9. The molecular formula is C30H30O6. The quantitative estimate of drug-likeness (QED) is 0.247. The van der Waals surface area contributed by atoms with Crippen molar-refractivity contribution in [2.75, 3.05) is 6.61 Å². The maximum atomic E-state index is 13.4. The van der Waals surface area contributed by atoms with Crippen LogP contribution in [0.2, 0.25) is 0 Å². The van der Waals surface area contributed by atoms with E-state index in [2.05, 4.69) is 0 Å². The van der Waals surface area contributed by atoms with Gasteiger partial charge in [-0.15, -0.1) is 0 Å². The lowest BCUT2D eigenvalue weighted by Crippen LogP contribution is -2.47. The van der Waals surface area contributed by atoms with Crippen LogP contribution in [-0.4, -0.2) is 35.8 Å². The van der Waals surface area contributed by atoms with E-state index in [-0.39, 0.29) is 25.6 Å². The molecule has 1 heterocycles. The predicted octanol–water partition coefficient (Wildman–Crippen LogP) is 5.21. The van der Waals surface area contributed by atoms with E-state index in [0.29, 0.717) is 6.61 Å². The first-order chi connectivity index (χ1) is 17.7. The highest BCUT2D eigenvalue weighted by atomic mass is 16.6. The molecule has 0 aliphatic carbocycles. The Balaban J connectivity index is 1.52. The third kappa shape index (κ3) is 7.47. The molecule has 0 radical (unpaired) electrons. The Morgan fingerprint density at radius 2 is 1.22 bits per heavy atom. The van der Waals surface area contributed by atoms with Gasteiger partial charge < -0.3 is 23.7 Å². The number of hydrogen-bond acceptors (Lipinski definition) is 6. The van der Waals surface area contributed by atoms with E-state index < -0.39 is 24.1 Å². The molecule has 1 aromatic heterocycles. The molecule has 0 saturated carbocycles. The van der Waals surface area contributed by atoms with Crippen LogP contribution in [0, 0.1) is 0 Å². The van der Waals surface area contributed by atoms with E-state index >= 15 is 0 Å². The molecule has 0 amide bonds. The summed E-state index contributed by atoms with van der Waals surface area (Å²) in [6, 6.07) is 32.0. The fourth-order valence-electron chi connectivity index (χ4n) is 3.77. The van der Waals surface area contributed by atoms with E-state index in [4.69, 9.17) is 18.6 Å². The van der Waals surface area contributed by atoms with Gasteiger partial charge in [0.1, 0.15) is 12.2 Å². The second-order valence-electron chi connectivity index (χ2n) is 8.39. The number of carbonyl (C=O) groups is 1. The fourth-order valence-corrected chi connectivity index (χ4v) is 3.77. The van der Waals surface area contributed by atoms with Gasteiger partial charge in [-0.25, -0.2) is 0 Å². The van der Waals surface area contributed by atoms with Crippen LogP contribution in [0.5, 0.6) is 0 Å². The first-order valence-electron chi connectivity index (χ1n) is 11.9. The number of aliphatic hydroxyl groups excluding tert-OH is 1. The minimum atomic E-state index is -1.13. The number of benzene rings is 3. The van der Waals surface area contributed by atoms with Crippen LogP contribution < -0.4 is 0 Å². The first-order valence-corrected chi connectivity index (χ1v) is 11.9. The van der Waals surface area contributed by atoms with Gasteiger partial charge in [0.05, 0.1) is 32.7 Å². The monoisotopic (exact) mass is 486 g/mol. The third-order valence-electron chi connectivity index (χ3n) is 5.66. The molecule has 4 rings (SSSR count). The van der Waals surface area contributed by atoms with E-state index in [1.54, 1.807) is 12.1 Å².